The number of nitriles is 1. The predicted octanol–water partition coefficient (Wildman–Crippen LogP) is 1.47. The molecule has 21 heavy (non-hydrogen) atoms. The standard InChI is InChI=1S/C16H23N3O2/c1-16(12-17,19-8-6-18(2)7-9-19)11-13-4-5-14(20)15(10-13)21-3/h4-5,10,20H,6-9,11H2,1-3H3. The topological polar surface area (TPSA) is 59.7 Å². The second kappa shape index (κ2) is 6.33. The minimum Gasteiger partial charge on any atom is -0.504 e. The predicted molar refractivity (Wildman–Crippen MR) is 81.5 cm³/mol. The van der Waals surface area contributed by atoms with Gasteiger partial charge in [-0.15, -0.1) is 0 Å². The van der Waals surface area contributed by atoms with E-state index in [1.165, 1.54) is 7.11 Å². The van der Waals surface area contributed by atoms with Crippen LogP contribution in [0.25, 0.3) is 0 Å². The SMILES string of the molecule is COc1cc(CC(C)(C#N)N2CCN(C)CC2)ccc1O. The highest BCUT2D eigenvalue weighted by molar-refractivity contribution is 5.42. The number of rotatable bonds is 4. The first-order valence-electron chi connectivity index (χ1n) is 7.19. The van der Waals surface area contributed by atoms with Crippen LogP contribution in [-0.2, 0) is 6.42 Å². The summed E-state index contributed by atoms with van der Waals surface area (Å²) in [5.74, 6) is 0.575. The van der Waals surface area contributed by atoms with Gasteiger partial charge in [0.25, 0.3) is 0 Å². The molecule has 0 bridgehead atoms. The lowest BCUT2D eigenvalue weighted by atomic mass is 9.91. The van der Waals surface area contributed by atoms with Crippen LogP contribution in [0.3, 0.4) is 0 Å². The van der Waals surface area contributed by atoms with Gasteiger partial charge in [-0.3, -0.25) is 4.90 Å². The second-order valence-electron chi connectivity index (χ2n) is 5.86. The van der Waals surface area contributed by atoms with Crippen molar-refractivity contribution < 1.29 is 9.84 Å². The van der Waals surface area contributed by atoms with Gasteiger partial charge in [-0.2, -0.15) is 5.26 Å². The normalized spacial score (nSPS) is 19.7. The van der Waals surface area contributed by atoms with Crippen molar-refractivity contribution in [2.24, 2.45) is 0 Å². The molecule has 1 atom stereocenters. The highest BCUT2D eigenvalue weighted by Gasteiger charge is 2.34. The van der Waals surface area contributed by atoms with Crippen molar-refractivity contribution in [3.8, 4) is 17.6 Å². The molecule has 1 aromatic carbocycles. The molecule has 0 amide bonds. The summed E-state index contributed by atoms with van der Waals surface area (Å²) in [5, 5.41) is 19.3. The molecule has 2 rings (SSSR count). The van der Waals surface area contributed by atoms with Crippen LogP contribution in [0.5, 0.6) is 11.5 Å². The molecule has 0 spiro atoms. The quantitative estimate of drug-likeness (QED) is 0.909. The Labute approximate surface area is 126 Å². The van der Waals surface area contributed by atoms with E-state index in [1.54, 1.807) is 12.1 Å². The van der Waals surface area contributed by atoms with Gasteiger partial charge in [0.15, 0.2) is 11.5 Å². The Balaban J connectivity index is 2.16. The molecule has 0 aliphatic carbocycles. The van der Waals surface area contributed by atoms with E-state index < -0.39 is 5.54 Å². The van der Waals surface area contributed by atoms with Crippen LogP contribution in [0.15, 0.2) is 18.2 Å². The van der Waals surface area contributed by atoms with Crippen molar-refractivity contribution in [2.45, 2.75) is 18.9 Å². The number of aromatic hydroxyl groups is 1. The fourth-order valence-corrected chi connectivity index (χ4v) is 2.75. The summed E-state index contributed by atoms with van der Waals surface area (Å²) in [5.41, 5.74) is 0.455. The molecule has 1 aromatic rings. The van der Waals surface area contributed by atoms with Crippen LogP contribution in [0.1, 0.15) is 12.5 Å². The molecule has 0 radical (unpaired) electrons. The van der Waals surface area contributed by atoms with E-state index in [0.29, 0.717) is 12.2 Å². The number of phenols is 1. The van der Waals surface area contributed by atoms with Crippen LogP contribution in [0, 0.1) is 11.3 Å². The van der Waals surface area contributed by atoms with Gasteiger partial charge in [0, 0.05) is 32.6 Å². The molecule has 1 aliphatic heterocycles. The summed E-state index contributed by atoms with van der Waals surface area (Å²) in [6.45, 7) is 5.75. The number of phenolic OH excluding ortho intramolecular Hbond substituents is 1. The van der Waals surface area contributed by atoms with Crippen molar-refractivity contribution in [2.75, 3.05) is 40.3 Å². The summed E-state index contributed by atoms with van der Waals surface area (Å²) in [4.78, 5) is 4.52. The zero-order valence-electron chi connectivity index (χ0n) is 13.0. The van der Waals surface area contributed by atoms with Crippen LogP contribution in [0.4, 0.5) is 0 Å². The van der Waals surface area contributed by atoms with Crippen molar-refractivity contribution in [3.05, 3.63) is 23.8 Å². The minimum atomic E-state index is -0.538. The maximum absolute atomic E-state index is 9.66. The fraction of sp³-hybridized carbons (Fsp3) is 0.562. The fourth-order valence-electron chi connectivity index (χ4n) is 2.75. The van der Waals surface area contributed by atoms with Crippen molar-refractivity contribution in [1.29, 1.82) is 5.26 Å². The maximum atomic E-state index is 9.66. The van der Waals surface area contributed by atoms with Crippen molar-refractivity contribution >= 4 is 0 Å². The lowest BCUT2D eigenvalue weighted by molar-refractivity contribution is 0.0835. The summed E-state index contributed by atoms with van der Waals surface area (Å²) >= 11 is 0. The Morgan fingerprint density at radius 3 is 2.57 bits per heavy atom. The Kier molecular flexibility index (Phi) is 4.71. The van der Waals surface area contributed by atoms with Gasteiger partial charge in [-0.05, 0) is 31.7 Å². The third-order valence-electron chi connectivity index (χ3n) is 4.23. The summed E-state index contributed by atoms with van der Waals surface area (Å²) in [6, 6.07) is 7.75. The van der Waals surface area contributed by atoms with Crippen molar-refractivity contribution in [1.82, 2.24) is 9.80 Å². The van der Waals surface area contributed by atoms with E-state index >= 15 is 0 Å². The minimum absolute atomic E-state index is 0.125. The molecule has 0 aromatic heterocycles. The average molecular weight is 289 g/mol. The number of nitrogens with zero attached hydrogens (tertiary/aromatic N) is 3. The van der Waals surface area contributed by atoms with Crippen molar-refractivity contribution in [3.63, 3.8) is 0 Å². The Morgan fingerprint density at radius 1 is 1.33 bits per heavy atom. The summed E-state index contributed by atoms with van der Waals surface area (Å²) < 4.78 is 5.14. The smallest absolute Gasteiger partial charge is 0.160 e. The van der Waals surface area contributed by atoms with E-state index in [4.69, 9.17) is 4.74 Å². The van der Waals surface area contributed by atoms with Crippen LogP contribution >= 0.6 is 0 Å². The number of benzene rings is 1. The number of likely N-dealkylation sites (N-methyl/N-ethyl adjacent to an activating group) is 1. The Bertz CT molecular complexity index is 533. The highest BCUT2D eigenvalue weighted by atomic mass is 16.5. The molecule has 1 N–H and O–H groups in total. The number of hydrogen-bond donors (Lipinski definition) is 1. The monoisotopic (exact) mass is 289 g/mol. The van der Waals surface area contributed by atoms with Crippen LogP contribution in [-0.4, -0.2) is 60.8 Å². The highest BCUT2D eigenvalue weighted by Crippen LogP contribution is 2.29. The lowest BCUT2D eigenvalue weighted by Crippen LogP contribution is -2.55. The van der Waals surface area contributed by atoms with E-state index in [9.17, 15) is 10.4 Å². The molecule has 1 unspecified atom stereocenters. The summed E-state index contributed by atoms with van der Waals surface area (Å²) in [7, 11) is 3.63. The number of methoxy groups -OCH3 is 1. The zero-order valence-corrected chi connectivity index (χ0v) is 13.0. The summed E-state index contributed by atoms with van der Waals surface area (Å²) in [6.07, 6.45) is 0.615. The van der Waals surface area contributed by atoms with Crippen LogP contribution in [0.2, 0.25) is 0 Å². The van der Waals surface area contributed by atoms with Gasteiger partial charge in [0.2, 0.25) is 0 Å². The molecule has 1 fully saturated rings. The lowest BCUT2D eigenvalue weighted by Gasteiger charge is -2.41. The largest absolute Gasteiger partial charge is 0.504 e. The molecule has 5 nitrogen and oxygen atoms in total. The molecule has 1 aliphatic rings. The first kappa shape index (κ1) is 15.6. The molecular formula is C16H23N3O2. The number of hydrogen-bond acceptors (Lipinski definition) is 5. The second-order valence-corrected chi connectivity index (χ2v) is 5.86. The van der Waals surface area contributed by atoms with E-state index in [-0.39, 0.29) is 5.75 Å². The number of piperazine rings is 1. The average Bonchev–Trinajstić information content (AvgIpc) is 2.49. The molecular weight excluding hydrogens is 266 g/mol. The first-order valence-corrected chi connectivity index (χ1v) is 7.19. The third-order valence-corrected chi connectivity index (χ3v) is 4.23. The Morgan fingerprint density at radius 2 is 2.00 bits per heavy atom. The molecule has 114 valence electrons. The molecule has 0 saturated carbocycles. The van der Waals surface area contributed by atoms with E-state index in [1.807, 2.05) is 13.0 Å². The third kappa shape index (κ3) is 3.46. The van der Waals surface area contributed by atoms with Gasteiger partial charge in [-0.1, -0.05) is 6.07 Å². The van der Waals surface area contributed by atoms with E-state index in [2.05, 4.69) is 22.9 Å². The van der Waals surface area contributed by atoms with Gasteiger partial charge in [-0.25, -0.2) is 0 Å². The number of ether oxygens (including phenoxy) is 1. The molecule has 1 heterocycles. The molecule has 1 saturated heterocycles. The maximum Gasteiger partial charge on any atom is 0.160 e. The first-order chi connectivity index (χ1) is 9.98. The van der Waals surface area contributed by atoms with E-state index in [0.717, 1.165) is 31.7 Å². The van der Waals surface area contributed by atoms with Crippen LogP contribution < -0.4 is 4.74 Å². The van der Waals surface area contributed by atoms with Gasteiger partial charge >= 0.3 is 0 Å². The van der Waals surface area contributed by atoms with Gasteiger partial charge in [0.05, 0.1) is 13.2 Å². The zero-order chi connectivity index (χ0) is 15.5. The Hall–Kier alpha value is -1.77. The molecule has 5 heteroatoms. The van der Waals surface area contributed by atoms with Gasteiger partial charge < -0.3 is 14.7 Å². The van der Waals surface area contributed by atoms with Gasteiger partial charge in [0.1, 0.15) is 5.54 Å².